The highest BCUT2D eigenvalue weighted by atomic mass is 16.1. The Bertz CT molecular complexity index is 926. The van der Waals surface area contributed by atoms with E-state index in [1.165, 1.54) is 19.8 Å². The summed E-state index contributed by atoms with van der Waals surface area (Å²) in [6.45, 7) is 4.52. The summed E-state index contributed by atoms with van der Waals surface area (Å²) in [7, 11) is 0. The van der Waals surface area contributed by atoms with Crippen LogP contribution in [-0.2, 0) is 4.79 Å². The molecule has 0 atom stereocenters. The third-order valence-electron chi connectivity index (χ3n) is 4.34. The molecule has 0 unspecified atom stereocenters. The van der Waals surface area contributed by atoms with E-state index in [1.807, 2.05) is 60.7 Å². The van der Waals surface area contributed by atoms with E-state index in [1.54, 1.807) is 0 Å². The molecule has 0 saturated carbocycles. The number of amides is 1. The van der Waals surface area contributed by atoms with Crippen molar-refractivity contribution in [2.24, 2.45) is 0 Å². The van der Waals surface area contributed by atoms with Gasteiger partial charge in [-0.25, -0.2) is 4.98 Å². The van der Waals surface area contributed by atoms with Gasteiger partial charge in [0.25, 0.3) is 0 Å². The molecule has 0 fully saturated rings. The third-order valence-corrected chi connectivity index (χ3v) is 4.34. The van der Waals surface area contributed by atoms with Crippen LogP contribution >= 0.6 is 0 Å². The number of rotatable bonds is 9. The summed E-state index contributed by atoms with van der Waals surface area (Å²) >= 11 is 0. The first-order valence-corrected chi connectivity index (χ1v) is 9.97. The maximum atomic E-state index is 11.2. The first-order chi connectivity index (χ1) is 14.1. The molecular formula is C23H27N5O. The van der Waals surface area contributed by atoms with Crippen LogP contribution in [0.15, 0.2) is 60.7 Å². The topological polar surface area (TPSA) is 78.9 Å². The highest BCUT2D eigenvalue weighted by Crippen LogP contribution is 2.24. The van der Waals surface area contributed by atoms with Crippen LogP contribution in [0.1, 0.15) is 33.1 Å². The summed E-state index contributed by atoms with van der Waals surface area (Å²) in [6.07, 6.45) is 3.44. The van der Waals surface area contributed by atoms with E-state index in [0.717, 1.165) is 35.6 Å². The molecule has 0 aliphatic heterocycles. The van der Waals surface area contributed by atoms with E-state index >= 15 is 0 Å². The Balaban J connectivity index is 1.81. The fraction of sp³-hybridized carbons (Fsp3) is 0.261. The molecule has 0 aliphatic rings. The van der Waals surface area contributed by atoms with Gasteiger partial charge < -0.3 is 16.0 Å². The molecule has 3 rings (SSSR count). The number of carbonyl (C=O) groups is 1. The number of nitrogens with zero attached hydrogens (tertiary/aromatic N) is 2. The molecule has 0 bridgehead atoms. The average molecular weight is 390 g/mol. The minimum Gasteiger partial charge on any atom is -0.354 e. The van der Waals surface area contributed by atoms with E-state index in [4.69, 9.17) is 0 Å². The quantitative estimate of drug-likeness (QED) is 0.424. The number of nitrogens with one attached hydrogen (secondary N) is 3. The number of unbranched alkanes of at least 4 members (excludes halogenated alkanes) is 2. The largest absolute Gasteiger partial charge is 0.354 e. The molecule has 3 N–H and O–H groups in total. The molecule has 3 aromatic rings. The van der Waals surface area contributed by atoms with Gasteiger partial charge in [0, 0.05) is 36.5 Å². The second-order valence-electron chi connectivity index (χ2n) is 6.85. The van der Waals surface area contributed by atoms with Crippen molar-refractivity contribution < 1.29 is 4.79 Å². The fourth-order valence-electron chi connectivity index (χ4n) is 2.91. The zero-order valence-corrected chi connectivity index (χ0v) is 16.9. The van der Waals surface area contributed by atoms with Gasteiger partial charge in [-0.05, 0) is 30.7 Å². The molecule has 1 amide bonds. The molecule has 0 spiro atoms. The zero-order valence-electron chi connectivity index (χ0n) is 16.9. The van der Waals surface area contributed by atoms with Crippen LogP contribution in [-0.4, -0.2) is 22.4 Å². The van der Waals surface area contributed by atoms with E-state index in [0.29, 0.717) is 11.8 Å². The first-order valence-electron chi connectivity index (χ1n) is 9.97. The van der Waals surface area contributed by atoms with Gasteiger partial charge in [-0.2, -0.15) is 4.98 Å². The van der Waals surface area contributed by atoms with Crippen molar-refractivity contribution in [2.75, 3.05) is 22.5 Å². The smallest absolute Gasteiger partial charge is 0.225 e. The molecule has 29 heavy (non-hydrogen) atoms. The van der Waals surface area contributed by atoms with Gasteiger partial charge in [-0.1, -0.05) is 50.1 Å². The van der Waals surface area contributed by atoms with Gasteiger partial charge in [0.1, 0.15) is 5.82 Å². The van der Waals surface area contributed by atoms with Crippen LogP contribution in [0.3, 0.4) is 0 Å². The summed E-state index contributed by atoms with van der Waals surface area (Å²) < 4.78 is 0. The first kappa shape index (κ1) is 20.3. The monoisotopic (exact) mass is 389 g/mol. The zero-order chi connectivity index (χ0) is 20.5. The summed E-state index contributed by atoms with van der Waals surface area (Å²) in [5.41, 5.74) is 3.54. The van der Waals surface area contributed by atoms with Gasteiger partial charge in [0.2, 0.25) is 11.9 Å². The number of carbonyl (C=O) groups excluding carboxylic acids is 1. The maximum Gasteiger partial charge on any atom is 0.225 e. The van der Waals surface area contributed by atoms with Crippen LogP contribution in [0.5, 0.6) is 0 Å². The molecule has 6 nitrogen and oxygen atoms in total. The molecule has 6 heteroatoms. The molecule has 2 aromatic carbocycles. The van der Waals surface area contributed by atoms with Gasteiger partial charge in [-0.3, -0.25) is 4.79 Å². The van der Waals surface area contributed by atoms with Gasteiger partial charge in [0.15, 0.2) is 0 Å². The average Bonchev–Trinajstić information content (AvgIpc) is 2.73. The van der Waals surface area contributed by atoms with Crippen LogP contribution in [0.25, 0.3) is 11.3 Å². The van der Waals surface area contributed by atoms with Crippen LogP contribution < -0.4 is 16.0 Å². The van der Waals surface area contributed by atoms with Crippen molar-refractivity contribution in [1.82, 2.24) is 9.97 Å². The van der Waals surface area contributed by atoms with E-state index < -0.39 is 0 Å². The van der Waals surface area contributed by atoms with Crippen LogP contribution in [0, 0.1) is 0 Å². The summed E-state index contributed by atoms with van der Waals surface area (Å²) in [6, 6.07) is 19.5. The Morgan fingerprint density at radius 3 is 2.34 bits per heavy atom. The lowest BCUT2D eigenvalue weighted by Gasteiger charge is -2.12. The van der Waals surface area contributed by atoms with E-state index in [2.05, 4.69) is 32.8 Å². The Labute approximate surface area is 171 Å². The van der Waals surface area contributed by atoms with Crippen LogP contribution in [0.2, 0.25) is 0 Å². The van der Waals surface area contributed by atoms with Crippen molar-refractivity contribution in [3.8, 4) is 11.3 Å². The summed E-state index contributed by atoms with van der Waals surface area (Å²) in [5, 5.41) is 9.44. The fourth-order valence-corrected chi connectivity index (χ4v) is 2.91. The number of benzene rings is 2. The SMILES string of the molecule is CCCCCNc1nc(Nc2ccc(NC(C)=O)cc2)cc(-c2ccccc2)n1. The maximum absolute atomic E-state index is 11.2. The number of hydrogen-bond acceptors (Lipinski definition) is 5. The lowest BCUT2D eigenvalue weighted by atomic mass is 10.1. The third kappa shape index (κ3) is 6.31. The summed E-state index contributed by atoms with van der Waals surface area (Å²) in [4.78, 5) is 20.5. The standard InChI is InChI=1S/C23H27N5O/c1-3-4-8-15-24-23-27-21(18-9-6-5-7-10-18)16-22(28-23)26-20-13-11-19(12-14-20)25-17(2)29/h5-7,9-14,16H,3-4,8,15H2,1-2H3,(H,25,29)(H2,24,26,27,28). The Morgan fingerprint density at radius 2 is 1.66 bits per heavy atom. The predicted molar refractivity (Wildman–Crippen MR) is 120 cm³/mol. The molecule has 1 heterocycles. The number of anilines is 4. The highest BCUT2D eigenvalue weighted by molar-refractivity contribution is 5.88. The second-order valence-corrected chi connectivity index (χ2v) is 6.85. The Kier molecular flexibility index (Phi) is 7.16. The Morgan fingerprint density at radius 1 is 0.931 bits per heavy atom. The molecule has 150 valence electrons. The van der Waals surface area contributed by atoms with E-state index in [9.17, 15) is 4.79 Å². The normalized spacial score (nSPS) is 10.4. The minimum absolute atomic E-state index is 0.0900. The number of hydrogen-bond donors (Lipinski definition) is 3. The van der Waals surface area contributed by atoms with Gasteiger partial charge in [-0.15, -0.1) is 0 Å². The molecule has 0 aliphatic carbocycles. The van der Waals surface area contributed by atoms with Crippen LogP contribution in [0.4, 0.5) is 23.1 Å². The van der Waals surface area contributed by atoms with Gasteiger partial charge >= 0.3 is 0 Å². The lowest BCUT2D eigenvalue weighted by molar-refractivity contribution is -0.114. The second kappa shape index (κ2) is 10.2. The van der Waals surface area contributed by atoms with Gasteiger partial charge in [0.05, 0.1) is 5.69 Å². The molecule has 1 aromatic heterocycles. The van der Waals surface area contributed by atoms with E-state index in [-0.39, 0.29) is 5.91 Å². The lowest BCUT2D eigenvalue weighted by Crippen LogP contribution is -2.08. The van der Waals surface area contributed by atoms with Crippen molar-refractivity contribution in [3.05, 3.63) is 60.7 Å². The van der Waals surface area contributed by atoms with Crippen molar-refractivity contribution >= 4 is 29.0 Å². The Hall–Kier alpha value is -3.41. The summed E-state index contributed by atoms with van der Waals surface area (Å²) in [5.74, 6) is 1.23. The highest BCUT2D eigenvalue weighted by Gasteiger charge is 2.07. The predicted octanol–water partition coefficient (Wildman–Crippen LogP) is 5.45. The molecule has 0 saturated heterocycles. The molecular weight excluding hydrogens is 362 g/mol. The van der Waals surface area contributed by atoms with Crippen molar-refractivity contribution in [1.29, 1.82) is 0 Å². The van der Waals surface area contributed by atoms with Crippen molar-refractivity contribution in [3.63, 3.8) is 0 Å². The van der Waals surface area contributed by atoms with Crippen molar-refractivity contribution in [2.45, 2.75) is 33.1 Å². The number of aromatic nitrogens is 2. The minimum atomic E-state index is -0.0900. The molecule has 0 radical (unpaired) electrons.